The molecule has 1 N–H and O–H groups in total. The van der Waals surface area contributed by atoms with Crippen LogP contribution in [0.2, 0.25) is 0 Å². The minimum Gasteiger partial charge on any atom is -0.497 e. The molecule has 6 heteroatoms. The molecule has 1 aromatic rings. The Morgan fingerprint density at radius 3 is 2.11 bits per heavy atom. The fourth-order valence-corrected chi connectivity index (χ4v) is 3.39. The van der Waals surface area contributed by atoms with Gasteiger partial charge in [-0.3, -0.25) is 4.57 Å². The average molecular weight is 288 g/mol. The molecule has 0 spiro atoms. The second kappa shape index (κ2) is 7.65. The molecule has 0 aliphatic rings. The second-order valence-electron chi connectivity index (χ2n) is 3.92. The molecule has 0 radical (unpaired) electrons. The van der Waals surface area contributed by atoms with Crippen LogP contribution in [0.4, 0.5) is 0 Å². The molecular weight excluding hydrogens is 267 g/mol. The molecule has 0 bridgehead atoms. The monoisotopic (exact) mass is 288 g/mol. The standard InChI is InChI=1S/C13H21O5P/c1-4-17-19(15,18-5-2)10-13(14)11-6-8-12(16-3)9-7-11/h6-9,13-14H,4-5,10H2,1-3H3/t13-/m1/s1. The maximum absolute atomic E-state index is 12.3. The molecule has 1 aromatic carbocycles. The molecule has 0 heterocycles. The van der Waals surface area contributed by atoms with Crippen LogP contribution in [0, 0.1) is 0 Å². The minimum absolute atomic E-state index is 0.0546. The van der Waals surface area contributed by atoms with Crippen molar-refractivity contribution in [3.8, 4) is 5.75 Å². The summed E-state index contributed by atoms with van der Waals surface area (Å²) in [5, 5.41) is 10.1. The highest BCUT2D eigenvalue weighted by molar-refractivity contribution is 7.53. The Kier molecular flexibility index (Phi) is 6.52. The number of ether oxygens (including phenoxy) is 1. The summed E-state index contributed by atoms with van der Waals surface area (Å²) in [6.45, 7) is 4.05. The zero-order chi connectivity index (χ0) is 14.3. The fraction of sp³-hybridized carbons (Fsp3) is 0.538. The van der Waals surface area contributed by atoms with Crippen molar-refractivity contribution in [2.24, 2.45) is 0 Å². The Bertz CT molecular complexity index is 408. The number of rotatable bonds is 8. The highest BCUT2D eigenvalue weighted by Gasteiger charge is 2.28. The molecule has 0 aromatic heterocycles. The molecule has 1 atom stereocenters. The van der Waals surface area contributed by atoms with E-state index in [0.717, 1.165) is 0 Å². The highest BCUT2D eigenvalue weighted by Crippen LogP contribution is 2.50. The Hall–Kier alpha value is -0.870. The first-order valence-corrected chi connectivity index (χ1v) is 7.97. The van der Waals surface area contributed by atoms with Gasteiger partial charge in [0.1, 0.15) is 5.75 Å². The summed E-state index contributed by atoms with van der Waals surface area (Å²) in [4.78, 5) is 0. The maximum Gasteiger partial charge on any atom is 0.333 e. The predicted octanol–water partition coefficient (Wildman–Crippen LogP) is 2.99. The number of aliphatic hydroxyl groups is 1. The lowest BCUT2D eigenvalue weighted by atomic mass is 10.1. The first-order valence-electron chi connectivity index (χ1n) is 6.24. The largest absolute Gasteiger partial charge is 0.497 e. The number of hydrogen-bond acceptors (Lipinski definition) is 5. The van der Waals surface area contributed by atoms with Gasteiger partial charge in [-0.1, -0.05) is 12.1 Å². The van der Waals surface area contributed by atoms with E-state index in [-0.39, 0.29) is 19.4 Å². The average Bonchev–Trinajstić information content (AvgIpc) is 2.39. The minimum atomic E-state index is -3.24. The zero-order valence-corrected chi connectivity index (χ0v) is 12.4. The molecule has 0 saturated carbocycles. The third kappa shape index (κ3) is 4.96. The summed E-state index contributed by atoms with van der Waals surface area (Å²) >= 11 is 0. The van der Waals surface area contributed by atoms with E-state index in [0.29, 0.717) is 11.3 Å². The summed E-state index contributed by atoms with van der Waals surface area (Å²) in [5.41, 5.74) is 0.653. The summed E-state index contributed by atoms with van der Waals surface area (Å²) < 4.78 is 27.6. The quantitative estimate of drug-likeness (QED) is 0.745. The van der Waals surface area contributed by atoms with Crippen LogP contribution in [0.15, 0.2) is 24.3 Å². The van der Waals surface area contributed by atoms with E-state index in [1.54, 1.807) is 45.2 Å². The normalized spacial score (nSPS) is 13.3. The van der Waals surface area contributed by atoms with Crippen molar-refractivity contribution < 1.29 is 23.5 Å². The van der Waals surface area contributed by atoms with E-state index < -0.39 is 13.7 Å². The first-order chi connectivity index (χ1) is 9.04. The van der Waals surface area contributed by atoms with Crippen LogP contribution < -0.4 is 4.74 Å². The Labute approximate surface area is 114 Å². The van der Waals surface area contributed by atoms with Gasteiger partial charge in [0.05, 0.1) is 32.6 Å². The van der Waals surface area contributed by atoms with Crippen LogP contribution in [0.1, 0.15) is 25.5 Å². The number of methoxy groups -OCH3 is 1. The van der Waals surface area contributed by atoms with E-state index in [1.807, 2.05) is 0 Å². The summed E-state index contributed by atoms with van der Waals surface area (Å²) in [7, 11) is -1.67. The van der Waals surface area contributed by atoms with Crippen molar-refractivity contribution in [3.05, 3.63) is 29.8 Å². The molecule has 0 amide bonds. The van der Waals surface area contributed by atoms with Crippen molar-refractivity contribution >= 4 is 7.60 Å². The highest BCUT2D eigenvalue weighted by atomic mass is 31.2. The third-order valence-corrected chi connectivity index (χ3v) is 4.64. The number of hydrogen-bond donors (Lipinski definition) is 1. The second-order valence-corrected chi connectivity index (χ2v) is 6.02. The topological polar surface area (TPSA) is 65.0 Å². The molecule has 5 nitrogen and oxygen atoms in total. The first kappa shape index (κ1) is 16.2. The van der Waals surface area contributed by atoms with Gasteiger partial charge in [-0.15, -0.1) is 0 Å². The Balaban J connectivity index is 2.75. The van der Waals surface area contributed by atoms with Crippen LogP contribution in [0.25, 0.3) is 0 Å². The predicted molar refractivity (Wildman–Crippen MR) is 73.7 cm³/mol. The van der Waals surface area contributed by atoms with Gasteiger partial charge >= 0.3 is 7.60 Å². The lowest BCUT2D eigenvalue weighted by Crippen LogP contribution is -2.08. The van der Waals surface area contributed by atoms with Crippen LogP contribution in [0.5, 0.6) is 5.75 Å². The smallest absolute Gasteiger partial charge is 0.333 e. The Morgan fingerprint density at radius 2 is 1.68 bits per heavy atom. The molecular formula is C13H21O5P. The molecule has 0 unspecified atom stereocenters. The van der Waals surface area contributed by atoms with Crippen molar-refractivity contribution in [1.82, 2.24) is 0 Å². The molecule has 0 aliphatic carbocycles. The Morgan fingerprint density at radius 1 is 1.16 bits per heavy atom. The van der Waals surface area contributed by atoms with Gasteiger partial charge in [-0.2, -0.15) is 0 Å². The summed E-state index contributed by atoms with van der Waals surface area (Å²) in [5.74, 6) is 0.703. The van der Waals surface area contributed by atoms with Gasteiger partial charge in [0.25, 0.3) is 0 Å². The molecule has 0 fully saturated rings. The van der Waals surface area contributed by atoms with Gasteiger partial charge in [0, 0.05) is 0 Å². The SMILES string of the molecule is CCOP(=O)(C[C@@H](O)c1ccc(OC)cc1)OCC. The van der Waals surface area contributed by atoms with E-state index in [4.69, 9.17) is 13.8 Å². The maximum atomic E-state index is 12.3. The van der Waals surface area contributed by atoms with Crippen molar-refractivity contribution in [1.29, 1.82) is 0 Å². The molecule has 1 rings (SSSR count). The van der Waals surface area contributed by atoms with E-state index >= 15 is 0 Å². The zero-order valence-electron chi connectivity index (χ0n) is 11.5. The molecule has 0 saturated heterocycles. The molecule has 108 valence electrons. The number of aliphatic hydroxyl groups excluding tert-OH is 1. The van der Waals surface area contributed by atoms with Crippen molar-refractivity contribution in [2.45, 2.75) is 20.0 Å². The van der Waals surface area contributed by atoms with Gasteiger partial charge in [0.15, 0.2) is 0 Å². The van der Waals surface area contributed by atoms with Gasteiger partial charge in [-0.05, 0) is 31.5 Å². The van der Waals surface area contributed by atoms with E-state index in [2.05, 4.69) is 0 Å². The lowest BCUT2D eigenvalue weighted by Gasteiger charge is -2.20. The van der Waals surface area contributed by atoms with Crippen LogP contribution in [-0.2, 0) is 13.6 Å². The molecule has 19 heavy (non-hydrogen) atoms. The van der Waals surface area contributed by atoms with Gasteiger partial charge < -0.3 is 18.9 Å². The van der Waals surface area contributed by atoms with Crippen LogP contribution in [-0.4, -0.2) is 31.6 Å². The van der Waals surface area contributed by atoms with Gasteiger partial charge in [0.2, 0.25) is 0 Å². The van der Waals surface area contributed by atoms with Crippen molar-refractivity contribution in [2.75, 3.05) is 26.5 Å². The third-order valence-electron chi connectivity index (χ3n) is 2.55. The summed E-state index contributed by atoms with van der Waals surface area (Å²) in [6.07, 6.45) is -0.948. The fourth-order valence-electron chi connectivity index (χ4n) is 1.68. The molecule has 0 aliphatic heterocycles. The lowest BCUT2D eigenvalue weighted by molar-refractivity contribution is 0.170. The summed E-state index contributed by atoms with van der Waals surface area (Å²) in [6, 6.07) is 6.94. The number of benzene rings is 1. The van der Waals surface area contributed by atoms with E-state index in [9.17, 15) is 9.67 Å². The van der Waals surface area contributed by atoms with Crippen LogP contribution >= 0.6 is 7.60 Å². The van der Waals surface area contributed by atoms with Crippen molar-refractivity contribution in [3.63, 3.8) is 0 Å². The van der Waals surface area contributed by atoms with E-state index in [1.165, 1.54) is 0 Å². The van der Waals surface area contributed by atoms with Crippen LogP contribution in [0.3, 0.4) is 0 Å². The van der Waals surface area contributed by atoms with Gasteiger partial charge in [-0.25, -0.2) is 0 Å².